The Morgan fingerprint density at radius 2 is 1.55 bits per heavy atom. The maximum Gasteiger partial charge on any atom is 0.335 e. The fraction of sp³-hybridized carbons (Fsp3) is 0.438. The predicted octanol–water partition coefficient (Wildman–Crippen LogP) is 2.85. The van der Waals surface area contributed by atoms with Gasteiger partial charge < -0.3 is 15.5 Å². The van der Waals surface area contributed by atoms with Crippen molar-refractivity contribution < 1.29 is 24.6 Å². The lowest BCUT2D eigenvalue weighted by atomic mass is 9.80. The molecule has 0 saturated heterocycles. The Morgan fingerprint density at radius 3 is 2.05 bits per heavy atom. The van der Waals surface area contributed by atoms with E-state index in [0.29, 0.717) is 0 Å². The summed E-state index contributed by atoms with van der Waals surface area (Å²) in [6, 6.07) is 3.63. The number of amides is 1. The number of hydrogen-bond donors (Lipinski definition) is 3. The first-order chi connectivity index (χ1) is 10.4. The van der Waals surface area contributed by atoms with E-state index >= 15 is 0 Å². The molecule has 2 atom stereocenters. The van der Waals surface area contributed by atoms with Crippen LogP contribution in [0.1, 0.15) is 53.3 Å². The van der Waals surface area contributed by atoms with Gasteiger partial charge in [-0.2, -0.15) is 0 Å². The van der Waals surface area contributed by atoms with Gasteiger partial charge in [0.05, 0.1) is 11.1 Å². The first-order valence-electron chi connectivity index (χ1n) is 7.31. The molecule has 2 rings (SSSR count). The van der Waals surface area contributed by atoms with Crippen LogP contribution < -0.4 is 5.32 Å². The molecular weight excluding hydrogens is 286 g/mol. The topological polar surface area (TPSA) is 104 Å². The van der Waals surface area contributed by atoms with Gasteiger partial charge in [-0.05, 0) is 37.0 Å². The Balaban J connectivity index is 2.22. The largest absolute Gasteiger partial charge is 0.478 e. The van der Waals surface area contributed by atoms with E-state index in [4.69, 9.17) is 10.2 Å². The Morgan fingerprint density at radius 1 is 1.00 bits per heavy atom. The fourth-order valence-electron chi connectivity index (χ4n) is 2.89. The van der Waals surface area contributed by atoms with Gasteiger partial charge in [0.25, 0.3) is 0 Å². The van der Waals surface area contributed by atoms with Crippen LogP contribution in [0.2, 0.25) is 0 Å². The van der Waals surface area contributed by atoms with Crippen LogP contribution in [0.3, 0.4) is 0 Å². The first-order valence-corrected chi connectivity index (χ1v) is 7.31. The van der Waals surface area contributed by atoms with E-state index in [9.17, 15) is 14.4 Å². The molecule has 0 aliphatic heterocycles. The lowest BCUT2D eigenvalue weighted by molar-refractivity contribution is -0.122. The third-order valence-corrected chi connectivity index (χ3v) is 4.14. The maximum absolute atomic E-state index is 12.3. The second-order valence-electron chi connectivity index (χ2n) is 5.77. The zero-order valence-corrected chi connectivity index (χ0v) is 12.3. The smallest absolute Gasteiger partial charge is 0.335 e. The summed E-state index contributed by atoms with van der Waals surface area (Å²) in [7, 11) is 0. The lowest BCUT2D eigenvalue weighted by Gasteiger charge is -2.27. The van der Waals surface area contributed by atoms with Gasteiger partial charge in [-0.3, -0.25) is 4.79 Å². The summed E-state index contributed by atoms with van der Waals surface area (Å²) >= 11 is 0. The van der Waals surface area contributed by atoms with Crippen LogP contribution in [0.5, 0.6) is 0 Å². The van der Waals surface area contributed by atoms with Crippen molar-refractivity contribution >= 4 is 23.5 Å². The number of benzene rings is 1. The summed E-state index contributed by atoms with van der Waals surface area (Å²) in [5.41, 5.74) is -0.112. The third kappa shape index (κ3) is 3.63. The molecule has 0 bridgehead atoms. The molecule has 1 fully saturated rings. The monoisotopic (exact) mass is 305 g/mol. The molecule has 1 aromatic rings. The van der Waals surface area contributed by atoms with Crippen LogP contribution in [0, 0.1) is 11.8 Å². The van der Waals surface area contributed by atoms with Crippen LogP contribution in [-0.2, 0) is 4.79 Å². The van der Waals surface area contributed by atoms with Crippen LogP contribution in [-0.4, -0.2) is 28.1 Å². The van der Waals surface area contributed by atoms with Gasteiger partial charge >= 0.3 is 11.9 Å². The third-order valence-electron chi connectivity index (χ3n) is 4.14. The summed E-state index contributed by atoms with van der Waals surface area (Å²) in [5.74, 6) is -2.48. The maximum atomic E-state index is 12.3. The van der Waals surface area contributed by atoms with Crippen molar-refractivity contribution in [3.8, 4) is 0 Å². The molecule has 118 valence electrons. The van der Waals surface area contributed by atoms with Gasteiger partial charge in [0.2, 0.25) is 5.91 Å². The average molecular weight is 305 g/mol. The Labute approximate surface area is 128 Å². The minimum absolute atomic E-state index is 0.115. The molecule has 0 spiro atoms. The van der Waals surface area contributed by atoms with Gasteiger partial charge in [-0.15, -0.1) is 0 Å². The van der Waals surface area contributed by atoms with Crippen molar-refractivity contribution in [2.45, 2.75) is 32.6 Å². The van der Waals surface area contributed by atoms with Crippen LogP contribution >= 0.6 is 0 Å². The molecular formula is C16H19NO5. The zero-order valence-electron chi connectivity index (χ0n) is 12.3. The second kappa shape index (κ2) is 6.60. The summed E-state index contributed by atoms with van der Waals surface area (Å²) in [4.78, 5) is 34.5. The van der Waals surface area contributed by atoms with Gasteiger partial charge in [0.15, 0.2) is 0 Å². The molecule has 1 saturated carbocycles. The van der Waals surface area contributed by atoms with E-state index in [1.54, 1.807) is 0 Å². The molecule has 1 aliphatic carbocycles. The summed E-state index contributed by atoms with van der Waals surface area (Å²) < 4.78 is 0. The van der Waals surface area contributed by atoms with Crippen LogP contribution in [0.15, 0.2) is 18.2 Å². The lowest BCUT2D eigenvalue weighted by Crippen LogP contribution is -2.30. The summed E-state index contributed by atoms with van der Waals surface area (Å²) in [6.07, 6.45) is 3.91. The number of nitrogens with one attached hydrogen (secondary N) is 1. The number of carboxylic acids is 2. The van der Waals surface area contributed by atoms with Crippen molar-refractivity contribution in [3.05, 3.63) is 29.3 Å². The molecule has 22 heavy (non-hydrogen) atoms. The van der Waals surface area contributed by atoms with E-state index < -0.39 is 11.9 Å². The zero-order chi connectivity index (χ0) is 16.3. The van der Waals surface area contributed by atoms with Gasteiger partial charge in [0, 0.05) is 11.6 Å². The van der Waals surface area contributed by atoms with Gasteiger partial charge in [-0.25, -0.2) is 9.59 Å². The molecule has 6 heteroatoms. The molecule has 1 amide bonds. The van der Waals surface area contributed by atoms with Crippen LogP contribution in [0.4, 0.5) is 5.69 Å². The molecule has 2 unspecified atom stereocenters. The number of rotatable bonds is 4. The Bertz CT molecular complexity index is 578. The fourth-order valence-corrected chi connectivity index (χ4v) is 2.89. The van der Waals surface area contributed by atoms with Crippen molar-refractivity contribution in [3.63, 3.8) is 0 Å². The summed E-state index contributed by atoms with van der Waals surface area (Å²) in [6.45, 7) is 2.03. The normalized spacial score (nSPS) is 21.1. The highest BCUT2D eigenvalue weighted by molar-refractivity contribution is 5.99. The highest BCUT2D eigenvalue weighted by atomic mass is 16.4. The Hall–Kier alpha value is -2.37. The van der Waals surface area contributed by atoms with Crippen molar-refractivity contribution in [2.24, 2.45) is 11.8 Å². The minimum atomic E-state index is -1.23. The highest BCUT2D eigenvalue weighted by Gasteiger charge is 2.28. The number of anilines is 1. The van der Waals surface area contributed by atoms with Crippen molar-refractivity contribution in [2.75, 3.05) is 5.32 Å². The van der Waals surface area contributed by atoms with E-state index in [-0.39, 0.29) is 34.6 Å². The average Bonchev–Trinajstić information content (AvgIpc) is 2.47. The van der Waals surface area contributed by atoms with Crippen molar-refractivity contribution in [1.82, 2.24) is 0 Å². The molecule has 0 aromatic heterocycles. The second-order valence-corrected chi connectivity index (χ2v) is 5.77. The molecule has 0 heterocycles. The standard InChI is InChI=1S/C16H19NO5/c1-9-4-2-3-5-13(9)14(18)17-12-7-10(15(19)20)6-11(8-12)16(21)22/h6-9,13H,2-5H2,1H3,(H,17,18)(H,19,20)(H,21,22). The first kappa shape index (κ1) is 16.0. The van der Waals surface area contributed by atoms with Crippen LogP contribution in [0.25, 0.3) is 0 Å². The number of carbonyl (C=O) groups is 3. The molecule has 0 radical (unpaired) electrons. The molecule has 1 aliphatic rings. The number of carbonyl (C=O) groups excluding carboxylic acids is 1. The van der Waals surface area contributed by atoms with Crippen molar-refractivity contribution in [1.29, 1.82) is 0 Å². The van der Waals surface area contributed by atoms with E-state index in [1.165, 1.54) is 12.1 Å². The van der Waals surface area contributed by atoms with E-state index in [0.717, 1.165) is 31.7 Å². The summed E-state index contributed by atoms with van der Waals surface area (Å²) in [5, 5.41) is 20.7. The van der Waals surface area contributed by atoms with Gasteiger partial charge in [0.1, 0.15) is 0 Å². The molecule has 1 aromatic carbocycles. The quantitative estimate of drug-likeness (QED) is 0.793. The Kier molecular flexibility index (Phi) is 4.80. The SMILES string of the molecule is CC1CCCCC1C(=O)Nc1cc(C(=O)O)cc(C(=O)O)c1. The van der Waals surface area contributed by atoms with Gasteiger partial charge in [-0.1, -0.05) is 19.8 Å². The number of aromatic carboxylic acids is 2. The van der Waals surface area contributed by atoms with E-state index in [2.05, 4.69) is 5.32 Å². The molecule has 6 nitrogen and oxygen atoms in total. The highest BCUT2D eigenvalue weighted by Crippen LogP contribution is 2.30. The number of hydrogen-bond acceptors (Lipinski definition) is 3. The minimum Gasteiger partial charge on any atom is -0.478 e. The number of carboxylic acid groups (broad SMARTS) is 2. The predicted molar refractivity (Wildman–Crippen MR) is 80.1 cm³/mol. The van der Waals surface area contributed by atoms with E-state index in [1.807, 2.05) is 6.92 Å². The molecule has 3 N–H and O–H groups in total.